The molecule has 4 N–H and O–H groups in total. The lowest BCUT2D eigenvalue weighted by Crippen LogP contribution is -2.41. The van der Waals surface area contributed by atoms with Gasteiger partial charge in [-0.3, -0.25) is 19.2 Å². The first-order valence-corrected chi connectivity index (χ1v) is 12.5. The van der Waals surface area contributed by atoms with Crippen molar-refractivity contribution in [1.29, 1.82) is 0 Å². The first-order chi connectivity index (χ1) is 17.9. The highest BCUT2D eigenvalue weighted by Crippen LogP contribution is 2.05. The molecule has 0 aromatic carbocycles. The number of hydrogen-bond donors (Lipinski definition) is 4. The summed E-state index contributed by atoms with van der Waals surface area (Å²) in [6.07, 6.45) is 5.14. The Morgan fingerprint density at radius 2 is 1.22 bits per heavy atom. The Balaban J connectivity index is 3.37. The maximum atomic E-state index is 11.7. The fraction of sp³-hybridized carbons (Fsp3) is 0.792. The van der Waals surface area contributed by atoms with Gasteiger partial charge in [-0.05, 0) is 19.3 Å². The van der Waals surface area contributed by atoms with Crippen molar-refractivity contribution in [3.05, 3.63) is 0 Å². The molecule has 1 radical (unpaired) electrons. The molecule has 213 valence electrons. The molecule has 0 aromatic heterocycles. The highest BCUT2D eigenvalue weighted by atomic mass is 16.6. The van der Waals surface area contributed by atoms with Gasteiger partial charge in [-0.15, -0.1) is 0 Å². The lowest BCUT2D eigenvalue weighted by molar-refractivity contribution is -0.142. The van der Waals surface area contributed by atoms with Crippen LogP contribution in [-0.4, -0.2) is 106 Å². The van der Waals surface area contributed by atoms with Crippen molar-refractivity contribution < 1.29 is 53.1 Å². The summed E-state index contributed by atoms with van der Waals surface area (Å²) < 4.78 is 21.3. The second-order valence-corrected chi connectivity index (χ2v) is 8.00. The average molecular weight is 534 g/mol. The van der Waals surface area contributed by atoms with Crippen molar-refractivity contribution in [2.45, 2.75) is 63.8 Å². The van der Waals surface area contributed by atoms with Crippen LogP contribution in [0.2, 0.25) is 0 Å². The second-order valence-electron chi connectivity index (χ2n) is 8.00. The number of carboxylic acid groups (broad SMARTS) is 2. The van der Waals surface area contributed by atoms with Crippen LogP contribution in [0.5, 0.6) is 0 Å². The Labute approximate surface area is 217 Å². The zero-order valence-corrected chi connectivity index (χ0v) is 21.4. The van der Waals surface area contributed by atoms with Crippen LogP contribution in [0.25, 0.3) is 0 Å². The van der Waals surface area contributed by atoms with Gasteiger partial charge in [0, 0.05) is 32.2 Å². The van der Waals surface area contributed by atoms with Gasteiger partial charge in [-0.25, -0.2) is 4.79 Å². The van der Waals surface area contributed by atoms with Crippen LogP contribution in [0.15, 0.2) is 0 Å². The summed E-state index contributed by atoms with van der Waals surface area (Å²) >= 11 is 0. The highest BCUT2D eigenvalue weighted by Gasteiger charge is 2.19. The van der Waals surface area contributed by atoms with E-state index in [4.69, 9.17) is 29.2 Å². The van der Waals surface area contributed by atoms with Crippen LogP contribution < -0.4 is 10.6 Å². The number of amides is 2. The molecule has 0 bridgehead atoms. The Morgan fingerprint density at radius 3 is 1.76 bits per heavy atom. The number of aliphatic carboxylic acids is 2. The van der Waals surface area contributed by atoms with Gasteiger partial charge in [0.15, 0.2) is 6.29 Å². The third-order valence-corrected chi connectivity index (χ3v) is 4.87. The predicted molar refractivity (Wildman–Crippen MR) is 131 cm³/mol. The van der Waals surface area contributed by atoms with Crippen LogP contribution >= 0.6 is 0 Å². The van der Waals surface area contributed by atoms with E-state index in [9.17, 15) is 24.0 Å². The largest absolute Gasteiger partial charge is 0.481 e. The van der Waals surface area contributed by atoms with E-state index >= 15 is 0 Å². The Hall–Kier alpha value is -2.61. The molecule has 2 amide bonds. The van der Waals surface area contributed by atoms with Crippen molar-refractivity contribution in [3.63, 3.8) is 0 Å². The molecule has 0 rings (SSSR count). The molecule has 13 heteroatoms. The fourth-order valence-electron chi connectivity index (χ4n) is 2.92. The monoisotopic (exact) mass is 533 g/mol. The number of nitrogens with one attached hydrogen (secondary N) is 2. The van der Waals surface area contributed by atoms with Gasteiger partial charge in [-0.1, -0.05) is 12.8 Å². The molecule has 0 aromatic rings. The average Bonchev–Trinajstić information content (AvgIpc) is 2.85. The SMILES string of the molecule is O=[C]CC[C@H](NC(=O)CCOCCOCCOCCOCCNC(=O)CCCCCCC(=O)O)C(=O)O. The van der Waals surface area contributed by atoms with E-state index < -0.39 is 23.9 Å². The minimum atomic E-state index is -1.20. The van der Waals surface area contributed by atoms with Crippen LogP contribution in [0, 0.1) is 0 Å². The van der Waals surface area contributed by atoms with Crippen LogP contribution in [0.4, 0.5) is 0 Å². The lowest BCUT2D eigenvalue weighted by Gasteiger charge is -2.13. The van der Waals surface area contributed by atoms with E-state index in [1.54, 1.807) is 6.29 Å². The van der Waals surface area contributed by atoms with Gasteiger partial charge < -0.3 is 39.8 Å². The zero-order chi connectivity index (χ0) is 27.6. The molecule has 0 unspecified atom stereocenters. The number of unbranched alkanes of at least 4 members (excludes halogenated alkanes) is 3. The number of rotatable bonds is 27. The van der Waals surface area contributed by atoms with E-state index in [1.165, 1.54) is 0 Å². The highest BCUT2D eigenvalue weighted by molar-refractivity contribution is 5.83. The number of carbonyl (C=O) groups is 4. The summed E-state index contributed by atoms with van der Waals surface area (Å²) in [5, 5.41) is 22.6. The molecule has 0 fully saturated rings. The third-order valence-electron chi connectivity index (χ3n) is 4.87. The quantitative estimate of drug-likeness (QED) is 0.107. The standard InChI is InChI=1S/C24H41N2O11/c27-11-5-6-20(24(32)33)26-22(29)9-12-34-14-16-36-18-19-37-17-15-35-13-10-25-21(28)7-3-1-2-4-8-23(30)31/h20H,1-10,12-19H2,(H,25,28)(H,26,29)(H,30,31)(H,32,33)/t20-/m0/s1. The molecule has 0 aliphatic carbocycles. The summed E-state index contributed by atoms with van der Waals surface area (Å²) in [5.74, 6) is -2.51. The fourth-order valence-corrected chi connectivity index (χ4v) is 2.92. The molecular formula is C24H41N2O11. The van der Waals surface area contributed by atoms with Crippen LogP contribution in [0.3, 0.4) is 0 Å². The maximum absolute atomic E-state index is 11.7. The minimum absolute atomic E-state index is 0.00242. The van der Waals surface area contributed by atoms with E-state index in [0.29, 0.717) is 59.0 Å². The van der Waals surface area contributed by atoms with Gasteiger partial charge in [0.1, 0.15) is 6.04 Å². The van der Waals surface area contributed by atoms with Gasteiger partial charge in [0.25, 0.3) is 0 Å². The van der Waals surface area contributed by atoms with Gasteiger partial charge in [0.2, 0.25) is 11.8 Å². The van der Waals surface area contributed by atoms with Gasteiger partial charge in [-0.2, -0.15) is 0 Å². The number of carboxylic acids is 2. The predicted octanol–water partition coefficient (Wildman–Crippen LogP) is 0.444. The normalized spacial score (nSPS) is 11.6. The Kier molecular flexibility index (Phi) is 23.3. The van der Waals surface area contributed by atoms with Gasteiger partial charge >= 0.3 is 11.9 Å². The first kappa shape index (κ1) is 34.4. The molecule has 37 heavy (non-hydrogen) atoms. The molecule has 0 saturated heterocycles. The second kappa shape index (κ2) is 25.1. The summed E-state index contributed by atoms with van der Waals surface area (Å²) in [5.41, 5.74) is 0. The van der Waals surface area contributed by atoms with E-state index in [-0.39, 0.29) is 44.8 Å². The minimum Gasteiger partial charge on any atom is -0.481 e. The number of carbonyl (C=O) groups excluding carboxylic acids is 3. The molecule has 0 heterocycles. The summed E-state index contributed by atoms with van der Waals surface area (Å²) in [6.45, 7) is 3.03. The van der Waals surface area contributed by atoms with Crippen molar-refractivity contribution in [2.75, 3.05) is 59.4 Å². The molecule has 0 aliphatic heterocycles. The van der Waals surface area contributed by atoms with Crippen molar-refractivity contribution in [3.8, 4) is 0 Å². The molecule has 0 aliphatic rings. The lowest BCUT2D eigenvalue weighted by atomic mass is 10.1. The van der Waals surface area contributed by atoms with Crippen molar-refractivity contribution in [1.82, 2.24) is 10.6 Å². The number of ether oxygens (including phenoxy) is 4. The topological polar surface area (TPSA) is 187 Å². The summed E-state index contributed by atoms with van der Waals surface area (Å²) in [4.78, 5) is 55.0. The smallest absolute Gasteiger partial charge is 0.326 e. The number of hydrogen-bond acceptors (Lipinski definition) is 9. The molecule has 0 saturated carbocycles. The summed E-state index contributed by atoms with van der Waals surface area (Å²) in [6, 6.07) is -1.12. The zero-order valence-electron chi connectivity index (χ0n) is 21.4. The Bertz CT molecular complexity index is 646. The van der Waals surface area contributed by atoms with E-state index in [2.05, 4.69) is 10.6 Å². The van der Waals surface area contributed by atoms with Crippen LogP contribution in [0.1, 0.15) is 57.8 Å². The van der Waals surface area contributed by atoms with E-state index in [0.717, 1.165) is 19.3 Å². The molecule has 1 atom stereocenters. The molecule has 0 spiro atoms. The maximum Gasteiger partial charge on any atom is 0.326 e. The van der Waals surface area contributed by atoms with E-state index in [1.807, 2.05) is 0 Å². The molecule has 13 nitrogen and oxygen atoms in total. The van der Waals surface area contributed by atoms with Crippen molar-refractivity contribution in [2.24, 2.45) is 0 Å². The van der Waals surface area contributed by atoms with Gasteiger partial charge in [0.05, 0.1) is 52.9 Å². The van der Waals surface area contributed by atoms with Crippen molar-refractivity contribution >= 4 is 30.0 Å². The first-order valence-electron chi connectivity index (χ1n) is 12.5. The third kappa shape index (κ3) is 24.8. The Morgan fingerprint density at radius 1 is 0.676 bits per heavy atom. The molecular weight excluding hydrogens is 492 g/mol. The van der Waals surface area contributed by atoms with Crippen LogP contribution in [-0.2, 0) is 42.9 Å². The summed E-state index contributed by atoms with van der Waals surface area (Å²) in [7, 11) is 0.